The van der Waals surface area contributed by atoms with Crippen molar-refractivity contribution in [1.29, 1.82) is 5.26 Å². The second kappa shape index (κ2) is 8.08. The smallest absolute Gasteiger partial charge is 0.318 e. The fraction of sp³-hybridized carbons (Fsp3) is 0.421. The largest absolute Gasteiger partial charge is 0.338 e. The van der Waals surface area contributed by atoms with E-state index in [1.54, 1.807) is 28.0 Å². The number of carbonyl (C=O) groups is 2. The molecule has 1 aliphatic heterocycles. The minimum absolute atomic E-state index is 0.125. The molecular formula is C19H18Cl2N4O2. The molecule has 0 atom stereocenters. The average molecular weight is 405 g/mol. The van der Waals surface area contributed by atoms with Crippen LogP contribution in [0.3, 0.4) is 0 Å². The van der Waals surface area contributed by atoms with Crippen molar-refractivity contribution in [3.8, 4) is 17.9 Å². The van der Waals surface area contributed by atoms with E-state index in [0.29, 0.717) is 36.2 Å². The normalized spacial score (nSPS) is 17.4. The van der Waals surface area contributed by atoms with Gasteiger partial charge in [0.2, 0.25) is 5.91 Å². The van der Waals surface area contributed by atoms with Crippen molar-refractivity contribution in [3.63, 3.8) is 0 Å². The van der Waals surface area contributed by atoms with Gasteiger partial charge in [0.25, 0.3) is 0 Å². The fourth-order valence-corrected chi connectivity index (χ4v) is 3.09. The molecule has 1 heterocycles. The maximum Gasteiger partial charge on any atom is 0.318 e. The zero-order chi connectivity index (χ0) is 19.4. The van der Waals surface area contributed by atoms with E-state index in [1.807, 2.05) is 6.07 Å². The van der Waals surface area contributed by atoms with Crippen molar-refractivity contribution in [2.75, 3.05) is 26.2 Å². The van der Waals surface area contributed by atoms with Crippen molar-refractivity contribution >= 4 is 35.1 Å². The number of hydrogen-bond donors (Lipinski definition) is 1. The summed E-state index contributed by atoms with van der Waals surface area (Å²) in [7, 11) is 0. The first-order valence-corrected chi connectivity index (χ1v) is 9.38. The Morgan fingerprint density at radius 1 is 1.11 bits per heavy atom. The summed E-state index contributed by atoms with van der Waals surface area (Å²) in [6.45, 7) is 1.77. The molecule has 1 aromatic carbocycles. The Kier molecular flexibility index (Phi) is 5.79. The highest BCUT2D eigenvalue weighted by atomic mass is 35.5. The molecule has 6 nitrogen and oxygen atoms in total. The van der Waals surface area contributed by atoms with Crippen molar-refractivity contribution in [2.45, 2.75) is 24.8 Å². The summed E-state index contributed by atoms with van der Waals surface area (Å²) in [5, 5.41) is 12.5. The Morgan fingerprint density at radius 3 is 2.37 bits per heavy atom. The lowest BCUT2D eigenvalue weighted by atomic mass is 10.2. The number of hydrogen-bond acceptors (Lipinski definition) is 3. The van der Waals surface area contributed by atoms with Crippen LogP contribution in [0, 0.1) is 23.2 Å². The maximum absolute atomic E-state index is 12.5. The SMILES string of the molecule is N#CCC(=O)N1CCN(C(=O)NC2(C#Cc3ccc(Cl)c(Cl)c3)CC2)CC1. The van der Waals surface area contributed by atoms with Gasteiger partial charge in [-0.2, -0.15) is 5.26 Å². The first-order chi connectivity index (χ1) is 12.9. The summed E-state index contributed by atoms with van der Waals surface area (Å²) in [6.07, 6.45) is 1.47. The highest BCUT2D eigenvalue weighted by Crippen LogP contribution is 2.35. The fourth-order valence-electron chi connectivity index (χ4n) is 2.79. The zero-order valence-electron chi connectivity index (χ0n) is 14.6. The third-order valence-electron chi connectivity index (χ3n) is 4.61. The van der Waals surface area contributed by atoms with Gasteiger partial charge in [-0.3, -0.25) is 4.79 Å². The number of halogens is 2. The Labute approximate surface area is 168 Å². The number of nitrogens with one attached hydrogen (secondary N) is 1. The first kappa shape index (κ1) is 19.4. The lowest BCUT2D eigenvalue weighted by molar-refractivity contribution is -0.131. The average Bonchev–Trinajstić information content (AvgIpc) is 3.43. The van der Waals surface area contributed by atoms with E-state index in [0.717, 1.165) is 18.4 Å². The van der Waals surface area contributed by atoms with Crippen LogP contribution < -0.4 is 5.32 Å². The molecule has 1 N–H and O–H groups in total. The van der Waals surface area contributed by atoms with Crippen LogP contribution in [0.5, 0.6) is 0 Å². The lowest BCUT2D eigenvalue weighted by Crippen LogP contribution is -2.54. The number of piperazine rings is 1. The summed E-state index contributed by atoms with van der Waals surface area (Å²) < 4.78 is 0. The molecule has 1 aliphatic carbocycles. The van der Waals surface area contributed by atoms with Crippen LogP contribution in [-0.4, -0.2) is 53.5 Å². The second-order valence-electron chi connectivity index (χ2n) is 6.59. The maximum atomic E-state index is 12.5. The predicted molar refractivity (Wildman–Crippen MR) is 102 cm³/mol. The zero-order valence-corrected chi connectivity index (χ0v) is 16.1. The third kappa shape index (κ3) is 4.86. The molecule has 1 saturated carbocycles. The quantitative estimate of drug-likeness (QED) is 0.769. The summed E-state index contributed by atoms with van der Waals surface area (Å²) in [4.78, 5) is 27.5. The number of rotatable bonds is 2. The number of carbonyl (C=O) groups excluding carboxylic acids is 2. The van der Waals surface area contributed by atoms with Gasteiger partial charge >= 0.3 is 6.03 Å². The van der Waals surface area contributed by atoms with E-state index < -0.39 is 5.54 Å². The van der Waals surface area contributed by atoms with E-state index in [4.69, 9.17) is 28.5 Å². The Bertz CT molecular complexity index is 857. The van der Waals surface area contributed by atoms with Crippen molar-refractivity contribution in [3.05, 3.63) is 33.8 Å². The topological polar surface area (TPSA) is 76.4 Å². The van der Waals surface area contributed by atoms with Crippen LogP contribution in [0.15, 0.2) is 18.2 Å². The summed E-state index contributed by atoms with van der Waals surface area (Å²) in [5.74, 6) is 5.99. The van der Waals surface area contributed by atoms with E-state index in [9.17, 15) is 9.59 Å². The van der Waals surface area contributed by atoms with Crippen molar-refractivity contribution in [1.82, 2.24) is 15.1 Å². The van der Waals surface area contributed by atoms with E-state index in [-0.39, 0.29) is 18.4 Å². The number of amides is 3. The molecule has 3 amide bonds. The first-order valence-electron chi connectivity index (χ1n) is 8.62. The standard InChI is InChI=1S/C19H18Cl2N4O2/c20-15-2-1-14(13-16(15)21)3-5-19(6-7-19)23-18(27)25-11-9-24(10-12-25)17(26)4-8-22/h1-2,13H,4,6-7,9-12H2,(H,23,27). The van der Waals surface area contributed by atoms with Gasteiger partial charge in [-0.05, 0) is 31.0 Å². The molecule has 0 spiro atoms. The van der Waals surface area contributed by atoms with Gasteiger partial charge in [0.05, 0.1) is 16.1 Å². The van der Waals surface area contributed by atoms with Gasteiger partial charge in [0.15, 0.2) is 0 Å². The molecule has 0 unspecified atom stereocenters. The van der Waals surface area contributed by atoms with E-state index in [1.165, 1.54) is 0 Å². The highest BCUT2D eigenvalue weighted by molar-refractivity contribution is 6.42. The third-order valence-corrected chi connectivity index (χ3v) is 5.35. The van der Waals surface area contributed by atoms with Gasteiger partial charge in [-0.25, -0.2) is 4.79 Å². The van der Waals surface area contributed by atoms with E-state index in [2.05, 4.69) is 17.2 Å². The van der Waals surface area contributed by atoms with Gasteiger partial charge in [-0.15, -0.1) is 0 Å². The van der Waals surface area contributed by atoms with Crippen LogP contribution in [-0.2, 0) is 4.79 Å². The molecule has 1 aromatic rings. The summed E-state index contributed by atoms with van der Waals surface area (Å²) in [5.41, 5.74) is 0.242. The van der Waals surface area contributed by atoms with E-state index >= 15 is 0 Å². The summed E-state index contributed by atoms with van der Waals surface area (Å²) in [6, 6.07) is 6.86. The van der Waals surface area contributed by atoms with Crippen LogP contribution in [0.1, 0.15) is 24.8 Å². The van der Waals surface area contributed by atoms with Gasteiger partial charge in [0.1, 0.15) is 12.0 Å². The van der Waals surface area contributed by atoms with Crippen LogP contribution in [0.2, 0.25) is 10.0 Å². The molecule has 2 aliphatic rings. The van der Waals surface area contributed by atoms with Gasteiger partial charge in [0, 0.05) is 31.7 Å². The van der Waals surface area contributed by atoms with Gasteiger partial charge < -0.3 is 15.1 Å². The predicted octanol–water partition coefficient (Wildman–Crippen LogP) is 2.64. The number of urea groups is 1. The van der Waals surface area contributed by atoms with Crippen molar-refractivity contribution in [2.24, 2.45) is 0 Å². The molecule has 27 heavy (non-hydrogen) atoms. The van der Waals surface area contributed by atoms with Crippen LogP contribution >= 0.6 is 23.2 Å². The van der Waals surface area contributed by atoms with Crippen LogP contribution in [0.25, 0.3) is 0 Å². The number of nitriles is 1. The molecule has 8 heteroatoms. The molecular weight excluding hydrogens is 387 g/mol. The monoisotopic (exact) mass is 404 g/mol. The Balaban J connectivity index is 1.55. The number of benzene rings is 1. The molecule has 1 saturated heterocycles. The molecule has 0 aromatic heterocycles. The van der Waals surface area contributed by atoms with Crippen molar-refractivity contribution < 1.29 is 9.59 Å². The Morgan fingerprint density at radius 2 is 1.78 bits per heavy atom. The lowest BCUT2D eigenvalue weighted by Gasteiger charge is -2.35. The minimum atomic E-state index is -0.503. The molecule has 2 fully saturated rings. The second-order valence-corrected chi connectivity index (χ2v) is 7.41. The molecule has 0 radical (unpaired) electrons. The molecule has 3 rings (SSSR count). The minimum Gasteiger partial charge on any atom is -0.338 e. The summed E-state index contributed by atoms with van der Waals surface area (Å²) >= 11 is 11.9. The molecule has 140 valence electrons. The van der Waals surface area contributed by atoms with Crippen LogP contribution in [0.4, 0.5) is 4.79 Å². The highest BCUT2D eigenvalue weighted by Gasteiger charge is 2.43. The molecule has 0 bridgehead atoms. The Hall–Kier alpha value is -2.41. The van der Waals surface area contributed by atoms with Gasteiger partial charge in [-0.1, -0.05) is 35.0 Å². The number of nitrogens with zero attached hydrogens (tertiary/aromatic N) is 3.